The van der Waals surface area contributed by atoms with Crippen LogP contribution in [0.15, 0.2) is 0 Å². The number of aliphatic hydroxyl groups is 2. The van der Waals surface area contributed by atoms with Crippen LogP contribution in [0.2, 0.25) is 0 Å². The molecule has 0 aromatic rings. The molecular formula is C16H28O7. The molecule has 1 aliphatic heterocycles. The van der Waals surface area contributed by atoms with E-state index in [1.165, 1.54) is 0 Å². The van der Waals surface area contributed by atoms with Gasteiger partial charge in [-0.2, -0.15) is 0 Å². The van der Waals surface area contributed by atoms with Crippen molar-refractivity contribution in [2.75, 3.05) is 13.2 Å². The molecule has 0 saturated carbocycles. The summed E-state index contributed by atoms with van der Waals surface area (Å²) in [6.07, 6.45) is -3.05. The minimum Gasteiger partial charge on any atom is -0.455 e. The van der Waals surface area contributed by atoms with E-state index in [2.05, 4.69) is 0 Å². The van der Waals surface area contributed by atoms with E-state index in [1.54, 1.807) is 0 Å². The average molecular weight is 332 g/mol. The van der Waals surface area contributed by atoms with Gasteiger partial charge in [0.05, 0.1) is 13.2 Å². The molecule has 1 fully saturated rings. The van der Waals surface area contributed by atoms with Crippen LogP contribution in [0.4, 0.5) is 0 Å². The molecule has 0 amide bonds. The molecule has 0 aromatic carbocycles. The van der Waals surface area contributed by atoms with Crippen molar-refractivity contribution in [3.05, 3.63) is 0 Å². The Hall–Kier alpha value is -1.18. The van der Waals surface area contributed by atoms with Crippen LogP contribution in [0.5, 0.6) is 0 Å². The van der Waals surface area contributed by atoms with Gasteiger partial charge in [0.15, 0.2) is 12.2 Å². The van der Waals surface area contributed by atoms with E-state index in [0.29, 0.717) is 0 Å². The average Bonchev–Trinajstić information content (AvgIpc) is 2.74. The Morgan fingerprint density at radius 2 is 1.22 bits per heavy atom. The van der Waals surface area contributed by atoms with Gasteiger partial charge in [-0.3, -0.25) is 9.59 Å². The van der Waals surface area contributed by atoms with Crippen molar-refractivity contribution in [3.63, 3.8) is 0 Å². The molecular weight excluding hydrogens is 304 g/mol. The van der Waals surface area contributed by atoms with E-state index in [1.807, 2.05) is 27.7 Å². The van der Waals surface area contributed by atoms with Gasteiger partial charge in [0.25, 0.3) is 0 Å². The van der Waals surface area contributed by atoms with E-state index in [4.69, 9.17) is 14.2 Å². The molecule has 1 unspecified atom stereocenters. The number of carbonyl (C=O) groups is 2. The minimum atomic E-state index is -0.917. The molecule has 134 valence electrons. The molecule has 0 spiro atoms. The highest BCUT2D eigenvalue weighted by Crippen LogP contribution is 2.28. The summed E-state index contributed by atoms with van der Waals surface area (Å²) in [5, 5.41) is 18.8. The van der Waals surface area contributed by atoms with Crippen LogP contribution in [-0.2, 0) is 23.8 Å². The van der Waals surface area contributed by atoms with Crippen molar-refractivity contribution in [2.45, 2.75) is 65.0 Å². The maximum Gasteiger partial charge on any atom is 0.306 e. The highest BCUT2D eigenvalue weighted by Gasteiger charge is 2.49. The van der Waals surface area contributed by atoms with Crippen LogP contribution in [0, 0.1) is 11.8 Å². The minimum absolute atomic E-state index is 0.118. The van der Waals surface area contributed by atoms with Crippen LogP contribution in [0.1, 0.15) is 40.5 Å². The van der Waals surface area contributed by atoms with Crippen LogP contribution in [0.3, 0.4) is 0 Å². The fourth-order valence-corrected chi connectivity index (χ4v) is 2.45. The fraction of sp³-hybridized carbons (Fsp3) is 0.875. The quantitative estimate of drug-likeness (QED) is 0.629. The Balaban J connectivity index is 2.81. The summed E-state index contributed by atoms with van der Waals surface area (Å²) < 4.78 is 16.2. The summed E-state index contributed by atoms with van der Waals surface area (Å²) >= 11 is 0. The summed E-state index contributed by atoms with van der Waals surface area (Å²) in [5.74, 6) is -0.660. The first-order valence-electron chi connectivity index (χ1n) is 8.04. The second-order valence-electron chi connectivity index (χ2n) is 6.68. The molecule has 0 aromatic heterocycles. The maximum atomic E-state index is 11.9. The summed E-state index contributed by atoms with van der Waals surface area (Å²) in [7, 11) is 0. The maximum absolute atomic E-state index is 11.9. The molecule has 1 rings (SSSR count). The fourth-order valence-electron chi connectivity index (χ4n) is 2.45. The topological polar surface area (TPSA) is 102 Å². The van der Waals surface area contributed by atoms with Gasteiger partial charge < -0.3 is 24.4 Å². The second-order valence-corrected chi connectivity index (χ2v) is 6.68. The number of carbonyl (C=O) groups excluding carboxylic acids is 2. The molecule has 2 N–H and O–H groups in total. The van der Waals surface area contributed by atoms with Crippen molar-refractivity contribution in [1.82, 2.24) is 0 Å². The first-order valence-corrected chi connectivity index (χ1v) is 8.04. The van der Waals surface area contributed by atoms with Crippen LogP contribution in [-0.4, -0.2) is 59.8 Å². The van der Waals surface area contributed by atoms with Crippen molar-refractivity contribution in [3.8, 4) is 0 Å². The number of ether oxygens (including phenoxy) is 3. The Morgan fingerprint density at radius 1 is 0.870 bits per heavy atom. The summed E-state index contributed by atoms with van der Waals surface area (Å²) in [5.41, 5.74) is 0. The molecule has 0 radical (unpaired) electrons. The van der Waals surface area contributed by atoms with Gasteiger partial charge in [-0.25, -0.2) is 0 Å². The Labute approximate surface area is 136 Å². The van der Waals surface area contributed by atoms with Crippen molar-refractivity contribution in [2.24, 2.45) is 11.8 Å². The van der Waals surface area contributed by atoms with Crippen LogP contribution in [0.25, 0.3) is 0 Å². The number of hydrogen-bond acceptors (Lipinski definition) is 7. The molecule has 7 nitrogen and oxygen atoms in total. The van der Waals surface area contributed by atoms with E-state index >= 15 is 0 Å². The third-order valence-corrected chi connectivity index (χ3v) is 3.45. The summed E-state index contributed by atoms with van der Waals surface area (Å²) in [4.78, 5) is 23.8. The van der Waals surface area contributed by atoms with Crippen molar-refractivity contribution in [1.29, 1.82) is 0 Å². The molecule has 0 bridgehead atoms. The van der Waals surface area contributed by atoms with Gasteiger partial charge in [-0.15, -0.1) is 0 Å². The standard InChI is InChI=1S/C16H28O7/c1-9(2)5-13(19)22-15-11(7-17)21-12(8-18)16(15)23-14(20)6-10(3)4/h9-12,15-18H,5-8H2,1-4H3/t11-,12?,15-,16-/m1/s1. The third-order valence-electron chi connectivity index (χ3n) is 3.45. The normalized spacial score (nSPS) is 27.5. The monoisotopic (exact) mass is 332 g/mol. The number of hydrogen-bond donors (Lipinski definition) is 2. The highest BCUT2D eigenvalue weighted by molar-refractivity contribution is 5.71. The van der Waals surface area contributed by atoms with Gasteiger partial charge in [-0.05, 0) is 11.8 Å². The lowest BCUT2D eigenvalue weighted by atomic mass is 10.1. The molecule has 4 atom stereocenters. The zero-order valence-corrected chi connectivity index (χ0v) is 14.2. The molecule has 0 aliphatic carbocycles. The summed E-state index contributed by atoms with van der Waals surface area (Å²) in [6, 6.07) is 0. The highest BCUT2D eigenvalue weighted by atomic mass is 16.6. The van der Waals surface area contributed by atoms with E-state index < -0.39 is 49.6 Å². The second kappa shape index (κ2) is 9.20. The molecule has 7 heteroatoms. The predicted molar refractivity (Wildman–Crippen MR) is 81.5 cm³/mol. The predicted octanol–water partition coefficient (Wildman–Crippen LogP) is 0.654. The summed E-state index contributed by atoms with van der Waals surface area (Å²) in [6.45, 7) is 6.74. The van der Waals surface area contributed by atoms with Gasteiger partial charge in [0.1, 0.15) is 12.2 Å². The Morgan fingerprint density at radius 3 is 1.48 bits per heavy atom. The lowest BCUT2D eigenvalue weighted by Crippen LogP contribution is -2.42. The van der Waals surface area contributed by atoms with E-state index in [9.17, 15) is 19.8 Å². The van der Waals surface area contributed by atoms with Gasteiger partial charge >= 0.3 is 11.9 Å². The number of rotatable bonds is 8. The zero-order chi connectivity index (χ0) is 17.6. The van der Waals surface area contributed by atoms with Gasteiger partial charge in [0.2, 0.25) is 0 Å². The zero-order valence-electron chi connectivity index (χ0n) is 14.2. The molecule has 1 aliphatic rings. The van der Waals surface area contributed by atoms with E-state index in [0.717, 1.165) is 0 Å². The smallest absolute Gasteiger partial charge is 0.306 e. The third kappa shape index (κ3) is 6.08. The van der Waals surface area contributed by atoms with Crippen molar-refractivity contribution < 1.29 is 34.0 Å². The van der Waals surface area contributed by atoms with Crippen LogP contribution < -0.4 is 0 Å². The number of esters is 2. The van der Waals surface area contributed by atoms with Gasteiger partial charge in [-0.1, -0.05) is 27.7 Å². The van der Waals surface area contributed by atoms with Crippen LogP contribution >= 0.6 is 0 Å². The lowest BCUT2D eigenvalue weighted by molar-refractivity contribution is -0.168. The molecule has 23 heavy (non-hydrogen) atoms. The van der Waals surface area contributed by atoms with Crippen molar-refractivity contribution >= 4 is 11.9 Å². The largest absolute Gasteiger partial charge is 0.455 e. The SMILES string of the molecule is CC(C)CC(=O)O[C@H]1[C@H](OC(=O)CC(C)C)C(CO)O[C@@H]1CO. The van der Waals surface area contributed by atoms with Gasteiger partial charge in [0, 0.05) is 12.8 Å². The lowest BCUT2D eigenvalue weighted by Gasteiger charge is -2.24. The Kier molecular flexibility index (Phi) is 7.94. The molecule has 1 saturated heterocycles. The Bertz CT molecular complexity index is 358. The first-order chi connectivity index (χ1) is 10.8. The first kappa shape index (κ1) is 19.9. The molecule has 1 heterocycles. The van der Waals surface area contributed by atoms with E-state index in [-0.39, 0.29) is 24.7 Å². The number of aliphatic hydroxyl groups excluding tert-OH is 2.